The van der Waals surface area contributed by atoms with Crippen LogP contribution in [-0.4, -0.2) is 50.1 Å². The summed E-state index contributed by atoms with van der Waals surface area (Å²) in [6.07, 6.45) is 6.35. The molecule has 0 aromatic rings. The minimum Gasteiger partial charge on any atom is -0.320 e. The van der Waals surface area contributed by atoms with Gasteiger partial charge in [-0.3, -0.25) is 0 Å². The van der Waals surface area contributed by atoms with Gasteiger partial charge in [-0.1, -0.05) is 0 Å². The van der Waals surface area contributed by atoms with Gasteiger partial charge in [0.25, 0.3) is 0 Å². The molecule has 0 saturated carbocycles. The number of nitrogens with one attached hydrogen (secondary N) is 1. The monoisotopic (exact) mass is 216 g/mol. The van der Waals surface area contributed by atoms with Crippen molar-refractivity contribution in [1.82, 2.24) is 10.2 Å². The number of rotatable bonds is 6. The van der Waals surface area contributed by atoms with E-state index in [0.717, 1.165) is 12.5 Å². The van der Waals surface area contributed by atoms with Crippen LogP contribution in [0.15, 0.2) is 0 Å². The average Bonchev–Trinajstić information content (AvgIpc) is 2.21. The first-order chi connectivity index (χ1) is 6.86. The Labute approximate surface area is 92.8 Å². The summed E-state index contributed by atoms with van der Waals surface area (Å²) in [7, 11) is 2.03. The van der Waals surface area contributed by atoms with E-state index < -0.39 is 0 Å². The van der Waals surface area contributed by atoms with E-state index in [-0.39, 0.29) is 0 Å². The fourth-order valence-corrected chi connectivity index (χ4v) is 2.90. The van der Waals surface area contributed by atoms with Gasteiger partial charge in [0, 0.05) is 0 Å². The number of hydrogen-bond acceptors (Lipinski definition) is 3. The second-order valence-corrected chi connectivity index (χ2v) is 5.11. The molecule has 3 heteroatoms. The van der Waals surface area contributed by atoms with Crippen LogP contribution >= 0.6 is 11.8 Å². The quantitative estimate of drug-likeness (QED) is 0.680. The zero-order valence-corrected chi connectivity index (χ0v) is 10.4. The van der Waals surface area contributed by atoms with Crippen LogP contribution in [0.1, 0.15) is 19.3 Å². The summed E-state index contributed by atoms with van der Waals surface area (Å²) in [6.45, 7) is 5.10. The summed E-state index contributed by atoms with van der Waals surface area (Å²) in [5.41, 5.74) is 0. The number of likely N-dealkylation sites (tertiary alicyclic amines) is 1. The van der Waals surface area contributed by atoms with E-state index in [9.17, 15) is 0 Å². The molecule has 14 heavy (non-hydrogen) atoms. The molecule has 0 aromatic heterocycles. The minimum atomic E-state index is 0.991. The van der Waals surface area contributed by atoms with Gasteiger partial charge in [-0.2, -0.15) is 11.8 Å². The molecule has 1 aliphatic heterocycles. The van der Waals surface area contributed by atoms with Gasteiger partial charge in [-0.05, 0) is 70.4 Å². The summed E-state index contributed by atoms with van der Waals surface area (Å²) >= 11 is 2.00. The van der Waals surface area contributed by atoms with E-state index in [1.807, 2.05) is 18.8 Å². The fraction of sp³-hybridized carbons (Fsp3) is 1.00. The number of thioether (sulfide) groups is 1. The summed E-state index contributed by atoms with van der Waals surface area (Å²) in [5, 5.41) is 3.21. The van der Waals surface area contributed by atoms with Crippen LogP contribution in [0.4, 0.5) is 0 Å². The highest BCUT2D eigenvalue weighted by molar-refractivity contribution is 7.98. The molecule has 0 radical (unpaired) electrons. The number of hydrogen-bond donors (Lipinski definition) is 1. The highest BCUT2D eigenvalue weighted by Crippen LogP contribution is 2.20. The molecule has 0 aliphatic carbocycles. The van der Waals surface area contributed by atoms with Crippen molar-refractivity contribution in [3.63, 3.8) is 0 Å². The third-order valence-electron chi connectivity index (χ3n) is 3.01. The lowest BCUT2D eigenvalue weighted by Gasteiger charge is -2.31. The fourth-order valence-electron chi connectivity index (χ4n) is 2.09. The standard InChI is InChI=1S/C11H24N2S/c1-12-6-3-7-13-8-4-11(5-9-13)10-14-2/h11-12H,3-10H2,1-2H3. The van der Waals surface area contributed by atoms with E-state index in [2.05, 4.69) is 16.5 Å². The van der Waals surface area contributed by atoms with Crippen molar-refractivity contribution in [3.05, 3.63) is 0 Å². The molecule has 0 amide bonds. The van der Waals surface area contributed by atoms with E-state index in [0.29, 0.717) is 0 Å². The molecule has 84 valence electrons. The van der Waals surface area contributed by atoms with E-state index in [4.69, 9.17) is 0 Å². The largest absolute Gasteiger partial charge is 0.320 e. The predicted molar refractivity (Wildman–Crippen MR) is 66.1 cm³/mol. The van der Waals surface area contributed by atoms with Crippen LogP contribution in [0, 0.1) is 5.92 Å². The van der Waals surface area contributed by atoms with Gasteiger partial charge in [0.15, 0.2) is 0 Å². The molecular weight excluding hydrogens is 192 g/mol. The number of piperidine rings is 1. The van der Waals surface area contributed by atoms with Gasteiger partial charge >= 0.3 is 0 Å². The van der Waals surface area contributed by atoms with Crippen LogP contribution in [0.3, 0.4) is 0 Å². The summed E-state index contributed by atoms with van der Waals surface area (Å²) in [5.74, 6) is 2.36. The second kappa shape index (κ2) is 7.55. The van der Waals surface area contributed by atoms with Gasteiger partial charge in [-0.15, -0.1) is 0 Å². The lowest BCUT2D eigenvalue weighted by Crippen LogP contribution is -2.35. The highest BCUT2D eigenvalue weighted by Gasteiger charge is 2.17. The van der Waals surface area contributed by atoms with Crippen LogP contribution in [0.5, 0.6) is 0 Å². The lowest BCUT2D eigenvalue weighted by atomic mass is 9.99. The van der Waals surface area contributed by atoms with Gasteiger partial charge < -0.3 is 10.2 Å². The molecule has 0 bridgehead atoms. The molecule has 0 spiro atoms. The van der Waals surface area contributed by atoms with E-state index in [1.165, 1.54) is 44.6 Å². The first kappa shape index (κ1) is 12.3. The zero-order chi connectivity index (χ0) is 10.2. The Bertz CT molecular complexity index is 133. The topological polar surface area (TPSA) is 15.3 Å². The number of nitrogens with zero attached hydrogens (tertiary/aromatic N) is 1. The van der Waals surface area contributed by atoms with Crippen molar-refractivity contribution >= 4 is 11.8 Å². The lowest BCUT2D eigenvalue weighted by molar-refractivity contribution is 0.192. The van der Waals surface area contributed by atoms with Crippen LogP contribution in [-0.2, 0) is 0 Å². The van der Waals surface area contributed by atoms with Crippen molar-refractivity contribution in [3.8, 4) is 0 Å². The molecule has 1 heterocycles. The maximum Gasteiger partial charge on any atom is -0.000664 e. The van der Waals surface area contributed by atoms with Gasteiger partial charge in [-0.25, -0.2) is 0 Å². The molecule has 0 aromatic carbocycles. The van der Waals surface area contributed by atoms with Crippen molar-refractivity contribution in [1.29, 1.82) is 0 Å². The van der Waals surface area contributed by atoms with Gasteiger partial charge in [0.05, 0.1) is 0 Å². The van der Waals surface area contributed by atoms with Crippen LogP contribution in [0.25, 0.3) is 0 Å². The van der Waals surface area contributed by atoms with Crippen molar-refractivity contribution in [2.45, 2.75) is 19.3 Å². The van der Waals surface area contributed by atoms with Gasteiger partial charge in [0.2, 0.25) is 0 Å². The van der Waals surface area contributed by atoms with E-state index >= 15 is 0 Å². The minimum absolute atomic E-state index is 0.991. The Morgan fingerprint density at radius 3 is 2.64 bits per heavy atom. The molecular formula is C11H24N2S. The molecule has 1 aliphatic rings. The molecule has 1 saturated heterocycles. The summed E-state index contributed by atoms with van der Waals surface area (Å²) in [6, 6.07) is 0. The SMILES string of the molecule is CNCCCN1CCC(CSC)CC1. The summed E-state index contributed by atoms with van der Waals surface area (Å²) < 4.78 is 0. The molecule has 1 rings (SSSR count). The predicted octanol–water partition coefficient (Wildman–Crippen LogP) is 1.67. The third-order valence-corrected chi connectivity index (χ3v) is 3.82. The Kier molecular flexibility index (Phi) is 6.65. The normalized spacial score (nSPS) is 20.1. The summed E-state index contributed by atoms with van der Waals surface area (Å²) in [4.78, 5) is 2.62. The van der Waals surface area contributed by atoms with E-state index in [1.54, 1.807) is 0 Å². The second-order valence-electron chi connectivity index (χ2n) is 4.20. The Balaban J connectivity index is 2.03. The molecule has 0 atom stereocenters. The van der Waals surface area contributed by atoms with Crippen LogP contribution < -0.4 is 5.32 Å². The Hall–Kier alpha value is 0.270. The van der Waals surface area contributed by atoms with Crippen LogP contribution in [0.2, 0.25) is 0 Å². The maximum absolute atomic E-state index is 3.21. The Morgan fingerprint density at radius 2 is 2.07 bits per heavy atom. The molecule has 2 nitrogen and oxygen atoms in total. The van der Waals surface area contributed by atoms with Gasteiger partial charge in [0.1, 0.15) is 0 Å². The zero-order valence-electron chi connectivity index (χ0n) is 9.59. The van der Waals surface area contributed by atoms with Crippen molar-refractivity contribution in [2.24, 2.45) is 5.92 Å². The Morgan fingerprint density at radius 1 is 1.36 bits per heavy atom. The smallest absolute Gasteiger partial charge is 0.000664 e. The molecule has 0 unspecified atom stereocenters. The van der Waals surface area contributed by atoms with Crippen molar-refractivity contribution < 1.29 is 0 Å². The molecule has 1 N–H and O–H groups in total. The van der Waals surface area contributed by atoms with Crippen molar-refractivity contribution in [2.75, 3.05) is 45.2 Å². The average molecular weight is 216 g/mol. The maximum atomic E-state index is 3.21. The first-order valence-corrected chi connectivity index (χ1v) is 7.12. The highest BCUT2D eigenvalue weighted by atomic mass is 32.2. The third kappa shape index (κ3) is 4.67. The molecule has 1 fully saturated rings. The first-order valence-electron chi connectivity index (χ1n) is 5.72.